The summed E-state index contributed by atoms with van der Waals surface area (Å²) in [6, 6.07) is 11.7. The topological polar surface area (TPSA) is 213 Å². The van der Waals surface area contributed by atoms with Gasteiger partial charge in [0.1, 0.15) is 22.9 Å². The summed E-state index contributed by atoms with van der Waals surface area (Å²) in [7, 11) is 6.84. The second kappa shape index (κ2) is 19.6. The average molecular weight is 951 g/mol. The first kappa shape index (κ1) is 47.2. The Hall–Kier alpha value is -7.90. The van der Waals surface area contributed by atoms with Crippen LogP contribution < -0.4 is 20.1 Å². The number of nitrogens with one attached hydrogen (secondary N) is 2. The van der Waals surface area contributed by atoms with Gasteiger partial charge in [-0.3, -0.25) is 28.5 Å². The summed E-state index contributed by atoms with van der Waals surface area (Å²) in [4.78, 5) is 62.2. The number of carbonyl (C=O) groups is 4. The minimum absolute atomic E-state index is 0.100. The Morgan fingerprint density at radius 2 is 1.04 bits per heavy atom. The zero-order valence-corrected chi connectivity index (χ0v) is 40.6. The molecule has 70 heavy (non-hydrogen) atoms. The van der Waals surface area contributed by atoms with Gasteiger partial charge in [-0.15, -0.1) is 0 Å². The molecule has 364 valence electrons. The average Bonchev–Trinajstić information content (AvgIpc) is 4.17. The van der Waals surface area contributed by atoms with Gasteiger partial charge >= 0.3 is 0 Å². The van der Waals surface area contributed by atoms with Crippen LogP contribution in [0.5, 0.6) is 11.5 Å². The largest absolute Gasteiger partial charge is 0.496 e. The molecule has 4 amide bonds. The molecule has 6 aromatic heterocycles. The first-order valence-electron chi connectivity index (χ1n) is 23.5. The van der Waals surface area contributed by atoms with E-state index in [4.69, 9.17) is 19.7 Å². The molecule has 6 heterocycles. The van der Waals surface area contributed by atoms with Gasteiger partial charge in [0.25, 0.3) is 11.8 Å². The summed E-state index contributed by atoms with van der Waals surface area (Å²) in [5, 5.41) is 25.6. The van der Waals surface area contributed by atoms with Crippen LogP contribution in [0.4, 0.5) is 11.4 Å². The lowest BCUT2D eigenvalue weighted by molar-refractivity contribution is -0.131. The molecule has 2 aliphatic carbocycles. The highest BCUT2D eigenvalue weighted by molar-refractivity contribution is 6.10. The number of hydrogen-bond acceptors (Lipinski definition) is 12. The van der Waals surface area contributed by atoms with Gasteiger partial charge in [-0.05, 0) is 74.6 Å². The van der Waals surface area contributed by atoms with Crippen molar-refractivity contribution in [2.75, 3.05) is 38.9 Å². The molecule has 6 atom stereocenters. The van der Waals surface area contributed by atoms with E-state index in [2.05, 4.69) is 44.6 Å². The molecule has 0 aliphatic heterocycles. The van der Waals surface area contributed by atoms with Crippen molar-refractivity contribution in [3.8, 4) is 11.5 Å². The van der Waals surface area contributed by atoms with Crippen molar-refractivity contribution < 1.29 is 28.7 Å². The van der Waals surface area contributed by atoms with Crippen molar-refractivity contribution in [3.05, 3.63) is 97.1 Å². The van der Waals surface area contributed by atoms with Gasteiger partial charge in [0, 0.05) is 100 Å². The van der Waals surface area contributed by atoms with Gasteiger partial charge in [0.05, 0.1) is 60.9 Å². The van der Waals surface area contributed by atoms with Crippen molar-refractivity contribution in [2.45, 2.75) is 90.4 Å². The van der Waals surface area contributed by atoms with Crippen LogP contribution >= 0.6 is 0 Å². The molecule has 2 saturated carbocycles. The Labute approximate surface area is 403 Å². The molecule has 0 spiro atoms. The van der Waals surface area contributed by atoms with E-state index in [0.29, 0.717) is 57.1 Å². The highest BCUT2D eigenvalue weighted by Gasteiger charge is 2.34. The molecule has 20 heteroatoms. The molecule has 2 fully saturated rings. The fourth-order valence-corrected chi connectivity index (χ4v) is 10.1. The van der Waals surface area contributed by atoms with Crippen molar-refractivity contribution in [1.29, 1.82) is 0 Å². The first-order valence-corrected chi connectivity index (χ1v) is 23.5. The summed E-state index contributed by atoms with van der Waals surface area (Å²) in [5.74, 6) is 1.20. The maximum absolute atomic E-state index is 13.2. The molecular formula is C50H58N14O6. The van der Waals surface area contributed by atoms with E-state index in [1.807, 2.05) is 57.8 Å². The third-order valence-electron chi connectivity index (χ3n) is 14.2. The number of anilines is 2. The number of carbonyl (C=O) groups excluding carboxylic acids is 4. The quantitative estimate of drug-likeness (QED) is 0.141. The molecule has 8 aromatic rings. The fraction of sp³-hybridized carbons (Fsp3) is 0.400. The zero-order chi connectivity index (χ0) is 49.4. The highest BCUT2D eigenvalue weighted by Crippen LogP contribution is 2.39. The monoisotopic (exact) mass is 950 g/mol. The second-order valence-electron chi connectivity index (χ2n) is 18.5. The van der Waals surface area contributed by atoms with E-state index in [1.165, 1.54) is 0 Å². The van der Waals surface area contributed by atoms with Gasteiger partial charge in [-0.25, -0.2) is 19.0 Å². The van der Waals surface area contributed by atoms with Crippen molar-refractivity contribution >= 4 is 68.1 Å². The minimum Gasteiger partial charge on any atom is -0.496 e. The minimum atomic E-state index is -0.307. The van der Waals surface area contributed by atoms with Crippen LogP contribution in [0.3, 0.4) is 0 Å². The molecular weight excluding hydrogens is 893 g/mol. The predicted octanol–water partition coefficient (Wildman–Crippen LogP) is 7.10. The fourth-order valence-electron chi connectivity index (χ4n) is 10.1. The molecule has 2 unspecified atom stereocenters. The van der Waals surface area contributed by atoms with E-state index in [9.17, 15) is 19.2 Å². The summed E-state index contributed by atoms with van der Waals surface area (Å²) in [5.41, 5.74) is 4.54. The van der Waals surface area contributed by atoms with E-state index < -0.39 is 0 Å². The SMILES string of the molecule is COc1cc2nn([C@@H]3CCC(N(C)C(C)=O)C[C@H]3C)cc2cc1C(=O)Nc1cnn2cccnc12.COc1cc2nn([C@@H]3CCC(N(C)C(C)=O)C[C@H]3C)cc2cc1C(=O)Nc1cnn2cccnc12. The van der Waals surface area contributed by atoms with Gasteiger partial charge in [-0.1, -0.05) is 13.8 Å². The van der Waals surface area contributed by atoms with E-state index >= 15 is 0 Å². The molecule has 0 saturated heterocycles. The first-order chi connectivity index (χ1) is 33.7. The summed E-state index contributed by atoms with van der Waals surface area (Å²) in [6.45, 7) is 7.65. The summed E-state index contributed by atoms with van der Waals surface area (Å²) in [6.07, 6.45) is 19.6. The number of ether oxygens (including phenoxy) is 2. The van der Waals surface area contributed by atoms with E-state index in [1.54, 1.807) is 98.5 Å². The lowest BCUT2D eigenvalue weighted by atomic mass is 9.82. The Morgan fingerprint density at radius 1 is 0.629 bits per heavy atom. The van der Waals surface area contributed by atoms with Gasteiger partial charge in [-0.2, -0.15) is 20.4 Å². The van der Waals surface area contributed by atoms with Crippen LogP contribution in [0, 0.1) is 11.8 Å². The zero-order valence-electron chi connectivity index (χ0n) is 40.6. The standard InChI is InChI=1S/2C25H29N7O3/c2*1-15-10-18(30(3)16(2)33)6-7-22(15)32-14-17-11-19(23(35-4)12-20(17)29-32)25(34)28-21-13-27-31-9-5-8-26-24(21)31/h2*5,8-9,11-15,18,22H,6-7,10H2,1-4H3,(H,28,34)/t2*15-,18?,22-/m11/s1. The molecule has 20 nitrogen and oxygen atoms in total. The van der Waals surface area contributed by atoms with Gasteiger partial charge < -0.3 is 29.9 Å². The van der Waals surface area contributed by atoms with Crippen LogP contribution in [0.2, 0.25) is 0 Å². The number of benzene rings is 2. The maximum atomic E-state index is 13.2. The van der Waals surface area contributed by atoms with Crippen LogP contribution in [-0.4, -0.2) is 123 Å². The molecule has 2 aliphatic rings. The number of fused-ring (bicyclic) bond motifs is 4. The third-order valence-corrected chi connectivity index (χ3v) is 14.2. The number of nitrogens with zero attached hydrogens (tertiary/aromatic N) is 12. The number of hydrogen-bond donors (Lipinski definition) is 2. The Bertz CT molecular complexity index is 3030. The van der Waals surface area contributed by atoms with Crippen LogP contribution in [0.25, 0.3) is 33.1 Å². The number of rotatable bonds is 10. The molecule has 0 radical (unpaired) electrons. The Morgan fingerprint density at radius 3 is 1.41 bits per heavy atom. The van der Waals surface area contributed by atoms with Crippen LogP contribution in [0.1, 0.15) is 99.0 Å². The van der Waals surface area contributed by atoms with Crippen LogP contribution in [-0.2, 0) is 9.59 Å². The lowest BCUT2D eigenvalue weighted by Crippen LogP contribution is -2.41. The van der Waals surface area contributed by atoms with Crippen molar-refractivity contribution in [3.63, 3.8) is 0 Å². The Kier molecular flexibility index (Phi) is 13.2. The Balaban J connectivity index is 0.000000174. The molecule has 2 N–H and O–H groups in total. The van der Waals surface area contributed by atoms with E-state index in [0.717, 1.165) is 60.3 Å². The number of methoxy groups -OCH3 is 2. The van der Waals surface area contributed by atoms with E-state index in [-0.39, 0.29) is 47.8 Å². The lowest BCUT2D eigenvalue weighted by Gasteiger charge is -2.38. The highest BCUT2D eigenvalue weighted by atomic mass is 16.5. The predicted molar refractivity (Wildman–Crippen MR) is 263 cm³/mol. The van der Waals surface area contributed by atoms with Crippen molar-refractivity contribution in [1.82, 2.24) is 58.6 Å². The molecule has 2 aromatic carbocycles. The molecule has 10 rings (SSSR count). The molecule has 0 bridgehead atoms. The van der Waals surface area contributed by atoms with Crippen LogP contribution in [0.15, 0.2) is 86.0 Å². The maximum Gasteiger partial charge on any atom is 0.259 e. The number of amides is 4. The normalized spacial score (nSPS) is 20.2. The summed E-state index contributed by atoms with van der Waals surface area (Å²) >= 11 is 0. The smallest absolute Gasteiger partial charge is 0.259 e. The number of aromatic nitrogens is 10. The van der Waals surface area contributed by atoms with Crippen molar-refractivity contribution in [2.24, 2.45) is 11.8 Å². The second-order valence-corrected chi connectivity index (χ2v) is 18.5. The third kappa shape index (κ3) is 9.32. The summed E-state index contributed by atoms with van der Waals surface area (Å²) < 4.78 is 18.3. The van der Waals surface area contributed by atoms with Gasteiger partial charge in [0.2, 0.25) is 11.8 Å². The van der Waals surface area contributed by atoms with Gasteiger partial charge in [0.15, 0.2) is 11.3 Å².